The molecule has 1 aromatic heterocycles. The molecule has 7 nitrogen and oxygen atoms in total. The summed E-state index contributed by atoms with van der Waals surface area (Å²) in [4.78, 5) is 15.1. The van der Waals surface area contributed by atoms with E-state index in [1.54, 1.807) is 0 Å². The Hall–Kier alpha value is -1.28. The predicted octanol–water partition coefficient (Wildman–Crippen LogP) is 0.227. The van der Waals surface area contributed by atoms with Crippen molar-refractivity contribution in [2.75, 3.05) is 43.9 Å². The minimum atomic E-state index is -0.836. The molecule has 0 spiro atoms. The molecule has 1 N–H and O–H groups in total. The molecule has 0 unspecified atom stereocenters. The van der Waals surface area contributed by atoms with Crippen LogP contribution in [0.2, 0.25) is 0 Å². The molecule has 2 heterocycles. The number of thioether (sulfide) groups is 1. The molecule has 19 heavy (non-hydrogen) atoms. The zero-order valence-corrected chi connectivity index (χ0v) is 12.1. The van der Waals surface area contributed by atoms with Gasteiger partial charge >= 0.3 is 5.97 Å². The molecular formula is C11H19N5O2S. The van der Waals surface area contributed by atoms with E-state index in [4.69, 9.17) is 5.11 Å². The van der Waals surface area contributed by atoms with Gasteiger partial charge in [0.1, 0.15) is 0 Å². The van der Waals surface area contributed by atoms with Crippen LogP contribution in [0.3, 0.4) is 0 Å². The molecule has 8 heteroatoms. The van der Waals surface area contributed by atoms with Gasteiger partial charge in [0, 0.05) is 32.7 Å². The molecule has 0 amide bonds. The van der Waals surface area contributed by atoms with Crippen molar-refractivity contribution in [1.29, 1.82) is 0 Å². The summed E-state index contributed by atoms with van der Waals surface area (Å²) in [7, 11) is 2.11. The van der Waals surface area contributed by atoms with Crippen LogP contribution in [0, 0.1) is 0 Å². The van der Waals surface area contributed by atoms with Crippen molar-refractivity contribution in [3.8, 4) is 0 Å². The van der Waals surface area contributed by atoms with Gasteiger partial charge in [0.05, 0.1) is 5.75 Å². The first-order valence-electron chi connectivity index (χ1n) is 6.33. The number of hydrogen-bond donors (Lipinski definition) is 1. The second-order valence-electron chi connectivity index (χ2n) is 4.50. The summed E-state index contributed by atoms with van der Waals surface area (Å²) in [6.07, 6.45) is 0. The fraction of sp³-hybridized carbons (Fsp3) is 0.727. The first-order valence-corrected chi connectivity index (χ1v) is 7.31. The number of aliphatic carboxylic acids is 1. The highest BCUT2D eigenvalue weighted by atomic mass is 32.2. The number of carboxylic acid groups (broad SMARTS) is 1. The zero-order valence-electron chi connectivity index (χ0n) is 11.2. The van der Waals surface area contributed by atoms with Crippen LogP contribution in [-0.2, 0) is 11.3 Å². The van der Waals surface area contributed by atoms with Crippen molar-refractivity contribution < 1.29 is 9.90 Å². The van der Waals surface area contributed by atoms with Crippen LogP contribution in [0.5, 0.6) is 0 Å². The highest BCUT2D eigenvalue weighted by Crippen LogP contribution is 2.22. The van der Waals surface area contributed by atoms with Crippen LogP contribution in [0.1, 0.15) is 6.92 Å². The zero-order chi connectivity index (χ0) is 13.8. The maximum absolute atomic E-state index is 10.6. The SMILES string of the molecule is CCn1c(SCC(=O)O)nnc1N1CCN(C)CC1. The fourth-order valence-electron chi connectivity index (χ4n) is 2.03. The van der Waals surface area contributed by atoms with Gasteiger partial charge in [-0.3, -0.25) is 9.36 Å². The Morgan fingerprint density at radius 2 is 2.00 bits per heavy atom. The van der Waals surface area contributed by atoms with Crippen molar-refractivity contribution in [2.24, 2.45) is 0 Å². The predicted molar refractivity (Wildman–Crippen MR) is 73.8 cm³/mol. The van der Waals surface area contributed by atoms with Gasteiger partial charge in [-0.15, -0.1) is 10.2 Å². The quantitative estimate of drug-likeness (QED) is 0.776. The third-order valence-electron chi connectivity index (χ3n) is 3.12. The van der Waals surface area contributed by atoms with Crippen LogP contribution in [0.25, 0.3) is 0 Å². The van der Waals surface area contributed by atoms with Gasteiger partial charge in [0.15, 0.2) is 5.16 Å². The van der Waals surface area contributed by atoms with Crippen molar-refractivity contribution in [3.05, 3.63) is 0 Å². The van der Waals surface area contributed by atoms with E-state index in [1.165, 1.54) is 11.8 Å². The molecule has 0 atom stereocenters. The number of hydrogen-bond acceptors (Lipinski definition) is 6. The molecule has 0 aromatic carbocycles. The molecule has 1 aliphatic rings. The number of anilines is 1. The highest BCUT2D eigenvalue weighted by molar-refractivity contribution is 7.99. The van der Waals surface area contributed by atoms with E-state index >= 15 is 0 Å². The Labute approximate surface area is 116 Å². The Morgan fingerprint density at radius 1 is 1.32 bits per heavy atom. The maximum atomic E-state index is 10.6. The van der Waals surface area contributed by atoms with Crippen molar-refractivity contribution in [3.63, 3.8) is 0 Å². The maximum Gasteiger partial charge on any atom is 0.313 e. The molecular weight excluding hydrogens is 266 g/mol. The Bertz CT molecular complexity index is 442. The average Bonchev–Trinajstić information content (AvgIpc) is 2.80. The van der Waals surface area contributed by atoms with Gasteiger partial charge in [-0.05, 0) is 14.0 Å². The lowest BCUT2D eigenvalue weighted by Gasteiger charge is -2.32. The van der Waals surface area contributed by atoms with E-state index in [0.717, 1.165) is 38.7 Å². The summed E-state index contributed by atoms with van der Waals surface area (Å²) in [5.41, 5.74) is 0. The Kier molecular flexibility index (Phi) is 4.65. The topological polar surface area (TPSA) is 74.5 Å². The smallest absolute Gasteiger partial charge is 0.313 e. The van der Waals surface area contributed by atoms with E-state index in [-0.39, 0.29) is 5.75 Å². The normalized spacial score (nSPS) is 16.8. The summed E-state index contributed by atoms with van der Waals surface area (Å²) in [6.45, 7) is 6.64. The molecule has 2 rings (SSSR count). The van der Waals surface area contributed by atoms with Crippen molar-refractivity contribution >= 4 is 23.7 Å². The number of carbonyl (C=O) groups is 1. The second-order valence-corrected chi connectivity index (χ2v) is 5.44. The van der Waals surface area contributed by atoms with E-state index < -0.39 is 5.97 Å². The van der Waals surface area contributed by atoms with Crippen LogP contribution in [0.4, 0.5) is 5.95 Å². The van der Waals surface area contributed by atoms with E-state index in [1.807, 2.05) is 11.5 Å². The number of rotatable bonds is 5. The lowest BCUT2D eigenvalue weighted by atomic mass is 10.3. The molecule has 1 saturated heterocycles. The minimum absolute atomic E-state index is 0.0148. The number of piperazine rings is 1. The monoisotopic (exact) mass is 285 g/mol. The van der Waals surface area contributed by atoms with E-state index in [2.05, 4.69) is 27.0 Å². The van der Waals surface area contributed by atoms with Crippen LogP contribution >= 0.6 is 11.8 Å². The second kappa shape index (κ2) is 6.25. The van der Waals surface area contributed by atoms with Gasteiger partial charge in [-0.1, -0.05) is 11.8 Å². The standard InChI is InChI=1S/C11H19N5O2S/c1-3-16-10(15-6-4-14(2)5-7-15)12-13-11(16)19-8-9(17)18/h3-8H2,1-2H3,(H,17,18). The van der Waals surface area contributed by atoms with Gasteiger partial charge in [0.25, 0.3) is 0 Å². The number of aromatic nitrogens is 3. The molecule has 0 bridgehead atoms. The van der Waals surface area contributed by atoms with Gasteiger partial charge in [-0.2, -0.15) is 0 Å². The van der Waals surface area contributed by atoms with Gasteiger partial charge < -0.3 is 14.9 Å². The first kappa shape index (κ1) is 14.1. The average molecular weight is 285 g/mol. The summed E-state index contributed by atoms with van der Waals surface area (Å²) in [5.74, 6) is 0.0289. The van der Waals surface area contributed by atoms with E-state index in [9.17, 15) is 4.79 Å². The van der Waals surface area contributed by atoms with Crippen molar-refractivity contribution in [1.82, 2.24) is 19.7 Å². The molecule has 0 saturated carbocycles. The van der Waals surface area contributed by atoms with Crippen LogP contribution in [0.15, 0.2) is 5.16 Å². The molecule has 0 radical (unpaired) electrons. The summed E-state index contributed by atoms with van der Waals surface area (Å²) < 4.78 is 1.99. The number of nitrogens with zero attached hydrogens (tertiary/aromatic N) is 5. The first-order chi connectivity index (χ1) is 9.11. The molecule has 1 fully saturated rings. The van der Waals surface area contributed by atoms with Crippen molar-refractivity contribution in [2.45, 2.75) is 18.6 Å². The lowest BCUT2D eigenvalue weighted by Crippen LogP contribution is -2.45. The Morgan fingerprint density at radius 3 is 2.58 bits per heavy atom. The van der Waals surface area contributed by atoms with Gasteiger partial charge in [-0.25, -0.2) is 0 Å². The summed E-state index contributed by atoms with van der Waals surface area (Å²) >= 11 is 1.22. The molecule has 106 valence electrons. The fourth-order valence-corrected chi connectivity index (χ4v) is 2.75. The lowest BCUT2D eigenvalue weighted by molar-refractivity contribution is -0.133. The minimum Gasteiger partial charge on any atom is -0.481 e. The molecule has 0 aliphatic carbocycles. The van der Waals surface area contributed by atoms with Gasteiger partial charge in [0.2, 0.25) is 5.95 Å². The largest absolute Gasteiger partial charge is 0.481 e. The Balaban J connectivity index is 2.10. The number of carboxylic acids is 1. The third kappa shape index (κ3) is 3.38. The molecule has 1 aliphatic heterocycles. The summed E-state index contributed by atoms with van der Waals surface area (Å²) in [5, 5.41) is 17.7. The van der Waals surface area contributed by atoms with Crippen LogP contribution < -0.4 is 4.90 Å². The molecule has 1 aromatic rings. The number of likely N-dealkylation sites (N-methyl/N-ethyl adjacent to an activating group) is 1. The van der Waals surface area contributed by atoms with Crippen LogP contribution in [-0.4, -0.2) is 69.7 Å². The third-order valence-corrected chi connectivity index (χ3v) is 4.08. The summed E-state index contributed by atoms with van der Waals surface area (Å²) in [6, 6.07) is 0. The highest BCUT2D eigenvalue weighted by Gasteiger charge is 2.21. The van der Waals surface area contributed by atoms with E-state index in [0.29, 0.717) is 5.16 Å².